The molecule has 0 unspecified atom stereocenters. The predicted molar refractivity (Wildman–Crippen MR) is 77.0 cm³/mol. The molecule has 3 rings (SSSR count). The van der Waals surface area contributed by atoms with Crippen molar-refractivity contribution in [2.75, 3.05) is 23.7 Å². The van der Waals surface area contributed by atoms with E-state index < -0.39 is 0 Å². The number of hydrogen-bond acceptors (Lipinski definition) is 2. The van der Waals surface area contributed by atoms with Crippen molar-refractivity contribution in [3.8, 4) is 0 Å². The van der Waals surface area contributed by atoms with Crippen molar-refractivity contribution in [1.82, 2.24) is 0 Å². The molecule has 2 nitrogen and oxygen atoms in total. The number of rotatable bonds is 2. The predicted octanol–water partition coefficient (Wildman–Crippen LogP) is 3.18. The maximum absolute atomic E-state index is 5.79. The summed E-state index contributed by atoms with van der Waals surface area (Å²) in [6, 6.07) is 16.9. The summed E-state index contributed by atoms with van der Waals surface area (Å²) in [5, 5.41) is 0. The number of nitrogens with zero attached hydrogens (tertiary/aromatic N) is 1. The van der Waals surface area contributed by atoms with Crippen molar-refractivity contribution in [3.63, 3.8) is 0 Å². The summed E-state index contributed by atoms with van der Waals surface area (Å²) in [4.78, 5) is 2.42. The number of hydrogen-bond donors (Lipinski definition) is 1. The van der Waals surface area contributed by atoms with Gasteiger partial charge in [-0.2, -0.15) is 0 Å². The Morgan fingerprint density at radius 1 is 1.06 bits per heavy atom. The second kappa shape index (κ2) is 4.37. The van der Waals surface area contributed by atoms with E-state index in [0.717, 1.165) is 18.8 Å². The van der Waals surface area contributed by atoms with E-state index in [1.807, 2.05) is 12.1 Å². The van der Waals surface area contributed by atoms with Gasteiger partial charge in [0.2, 0.25) is 0 Å². The Bertz CT molecular complexity index is 542. The van der Waals surface area contributed by atoms with E-state index >= 15 is 0 Å². The van der Waals surface area contributed by atoms with Crippen LogP contribution in [0.4, 0.5) is 11.4 Å². The molecule has 2 aromatic carbocycles. The topological polar surface area (TPSA) is 29.3 Å². The molecular weight excluding hydrogens is 220 g/mol. The standard InChI is InChI=1S/C16H18N2/c1-12-9-15(17)7-8-16(12)18-10-14(11-18)13-5-3-2-4-6-13/h2-9,14H,10-11,17H2,1H3. The van der Waals surface area contributed by atoms with Gasteiger partial charge in [-0.25, -0.2) is 0 Å². The molecule has 1 heterocycles. The van der Waals surface area contributed by atoms with Crippen LogP contribution in [-0.2, 0) is 0 Å². The Balaban J connectivity index is 1.72. The molecule has 1 saturated heterocycles. The van der Waals surface area contributed by atoms with E-state index in [-0.39, 0.29) is 0 Å². The zero-order valence-electron chi connectivity index (χ0n) is 10.6. The summed E-state index contributed by atoms with van der Waals surface area (Å²) in [7, 11) is 0. The third-order valence-electron chi connectivity index (χ3n) is 3.71. The average Bonchev–Trinajstić information content (AvgIpc) is 2.31. The molecule has 0 saturated carbocycles. The van der Waals surface area contributed by atoms with Gasteiger partial charge in [-0.1, -0.05) is 30.3 Å². The zero-order valence-corrected chi connectivity index (χ0v) is 10.6. The van der Waals surface area contributed by atoms with Crippen molar-refractivity contribution in [2.45, 2.75) is 12.8 Å². The molecule has 0 aliphatic carbocycles. The molecule has 0 spiro atoms. The molecule has 2 N–H and O–H groups in total. The number of aryl methyl sites for hydroxylation is 1. The molecule has 92 valence electrons. The highest BCUT2D eigenvalue weighted by Crippen LogP contribution is 2.33. The van der Waals surface area contributed by atoms with E-state index in [9.17, 15) is 0 Å². The van der Waals surface area contributed by atoms with E-state index in [1.54, 1.807) is 0 Å². The third-order valence-corrected chi connectivity index (χ3v) is 3.71. The molecule has 2 aromatic rings. The van der Waals surface area contributed by atoms with Crippen molar-refractivity contribution < 1.29 is 0 Å². The van der Waals surface area contributed by atoms with Crippen molar-refractivity contribution in [1.29, 1.82) is 0 Å². The van der Waals surface area contributed by atoms with Gasteiger partial charge in [0.05, 0.1) is 0 Å². The zero-order chi connectivity index (χ0) is 12.5. The molecule has 1 fully saturated rings. The lowest BCUT2D eigenvalue weighted by atomic mass is 9.90. The normalized spacial score (nSPS) is 15.5. The molecule has 0 atom stereocenters. The quantitative estimate of drug-likeness (QED) is 0.814. The van der Waals surface area contributed by atoms with Crippen LogP contribution < -0.4 is 10.6 Å². The SMILES string of the molecule is Cc1cc(N)ccc1N1CC(c2ccccc2)C1. The Kier molecular flexibility index (Phi) is 2.71. The lowest BCUT2D eigenvalue weighted by molar-refractivity contribution is 0.524. The van der Waals surface area contributed by atoms with Gasteiger partial charge in [0.25, 0.3) is 0 Å². The molecule has 2 heteroatoms. The largest absolute Gasteiger partial charge is 0.399 e. The first-order valence-corrected chi connectivity index (χ1v) is 6.40. The molecule has 0 aromatic heterocycles. The summed E-state index contributed by atoms with van der Waals surface area (Å²) in [5.74, 6) is 0.670. The smallest absolute Gasteiger partial charge is 0.0397 e. The molecule has 0 radical (unpaired) electrons. The molecular formula is C16H18N2. The second-order valence-electron chi connectivity index (χ2n) is 5.06. The van der Waals surface area contributed by atoms with Gasteiger partial charge in [0, 0.05) is 30.4 Å². The Labute approximate surface area is 108 Å². The van der Waals surface area contributed by atoms with E-state index in [1.165, 1.54) is 16.8 Å². The maximum Gasteiger partial charge on any atom is 0.0397 e. The monoisotopic (exact) mass is 238 g/mol. The Hall–Kier alpha value is -1.96. The number of nitrogen functional groups attached to an aromatic ring is 1. The maximum atomic E-state index is 5.79. The summed E-state index contributed by atoms with van der Waals surface area (Å²) >= 11 is 0. The summed E-state index contributed by atoms with van der Waals surface area (Å²) in [5.41, 5.74) is 10.7. The Morgan fingerprint density at radius 3 is 2.44 bits per heavy atom. The summed E-state index contributed by atoms with van der Waals surface area (Å²) < 4.78 is 0. The number of nitrogens with two attached hydrogens (primary N) is 1. The Morgan fingerprint density at radius 2 is 1.78 bits per heavy atom. The van der Waals surface area contributed by atoms with Gasteiger partial charge in [-0.15, -0.1) is 0 Å². The van der Waals surface area contributed by atoms with Crippen LogP contribution >= 0.6 is 0 Å². The third kappa shape index (κ3) is 1.94. The molecule has 0 amide bonds. The highest BCUT2D eigenvalue weighted by atomic mass is 15.2. The van der Waals surface area contributed by atoms with E-state index in [0.29, 0.717) is 5.92 Å². The lowest BCUT2D eigenvalue weighted by Crippen LogP contribution is -2.45. The fraction of sp³-hybridized carbons (Fsp3) is 0.250. The van der Waals surface area contributed by atoms with Gasteiger partial charge < -0.3 is 10.6 Å². The lowest BCUT2D eigenvalue weighted by Gasteiger charge is -2.42. The molecule has 1 aliphatic heterocycles. The number of anilines is 2. The summed E-state index contributed by atoms with van der Waals surface area (Å²) in [6.45, 7) is 4.34. The van der Waals surface area contributed by atoms with E-state index in [4.69, 9.17) is 5.73 Å². The van der Waals surface area contributed by atoms with Crippen LogP contribution in [0.3, 0.4) is 0 Å². The first-order chi connectivity index (χ1) is 8.74. The first-order valence-electron chi connectivity index (χ1n) is 6.40. The minimum atomic E-state index is 0.670. The minimum Gasteiger partial charge on any atom is -0.399 e. The average molecular weight is 238 g/mol. The molecule has 18 heavy (non-hydrogen) atoms. The number of benzene rings is 2. The minimum absolute atomic E-state index is 0.670. The van der Waals surface area contributed by atoms with Crippen LogP contribution in [0.25, 0.3) is 0 Å². The highest BCUT2D eigenvalue weighted by molar-refractivity contribution is 5.61. The van der Waals surface area contributed by atoms with Crippen molar-refractivity contribution in [3.05, 3.63) is 59.7 Å². The van der Waals surface area contributed by atoms with Crippen LogP contribution in [0.2, 0.25) is 0 Å². The second-order valence-corrected chi connectivity index (χ2v) is 5.06. The van der Waals surface area contributed by atoms with Crippen LogP contribution in [0.5, 0.6) is 0 Å². The summed E-state index contributed by atoms with van der Waals surface area (Å²) in [6.07, 6.45) is 0. The first kappa shape index (κ1) is 11.1. The van der Waals surface area contributed by atoms with Crippen LogP contribution in [0.1, 0.15) is 17.0 Å². The fourth-order valence-corrected chi connectivity index (χ4v) is 2.64. The van der Waals surface area contributed by atoms with Gasteiger partial charge in [0.15, 0.2) is 0 Å². The van der Waals surface area contributed by atoms with Gasteiger partial charge in [0.1, 0.15) is 0 Å². The molecule has 0 bridgehead atoms. The van der Waals surface area contributed by atoms with Crippen molar-refractivity contribution in [2.24, 2.45) is 0 Å². The van der Waals surface area contributed by atoms with E-state index in [2.05, 4.69) is 48.2 Å². The highest BCUT2D eigenvalue weighted by Gasteiger charge is 2.28. The van der Waals surface area contributed by atoms with Crippen molar-refractivity contribution >= 4 is 11.4 Å². The van der Waals surface area contributed by atoms with Gasteiger partial charge in [-0.05, 0) is 36.2 Å². The fourth-order valence-electron chi connectivity index (χ4n) is 2.64. The van der Waals surface area contributed by atoms with Crippen LogP contribution in [0.15, 0.2) is 48.5 Å². The van der Waals surface area contributed by atoms with Crippen LogP contribution in [0, 0.1) is 6.92 Å². The van der Waals surface area contributed by atoms with Gasteiger partial charge >= 0.3 is 0 Å². The molecule has 1 aliphatic rings. The van der Waals surface area contributed by atoms with Crippen LogP contribution in [-0.4, -0.2) is 13.1 Å². The van der Waals surface area contributed by atoms with Gasteiger partial charge in [-0.3, -0.25) is 0 Å².